The lowest BCUT2D eigenvalue weighted by molar-refractivity contribution is 0.453. The van der Waals surface area contributed by atoms with Crippen molar-refractivity contribution in [3.05, 3.63) is 28.4 Å². The van der Waals surface area contributed by atoms with Gasteiger partial charge in [-0.05, 0) is 46.5 Å². The summed E-state index contributed by atoms with van der Waals surface area (Å²) in [6.07, 6.45) is 5.02. The molecule has 0 aliphatic heterocycles. The predicted molar refractivity (Wildman–Crippen MR) is 77.6 cm³/mol. The Hall–Kier alpha value is -0.870. The first-order valence-electron chi connectivity index (χ1n) is 6.49. The predicted octanol–water partition coefficient (Wildman–Crippen LogP) is 3.11. The molecule has 1 fully saturated rings. The first-order valence-corrected chi connectivity index (χ1v) is 7.28. The van der Waals surface area contributed by atoms with E-state index in [4.69, 9.17) is 5.73 Å². The largest absolute Gasteiger partial charge is 0.330 e. The Morgan fingerprint density at radius 3 is 2.78 bits per heavy atom. The molecule has 1 saturated carbocycles. The van der Waals surface area contributed by atoms with E-state index < -0.39 is 0 Å². The van der Waals surface area contributed by atoms with Crippen molar-refractivity contribution in [1.82, 2.24) is 9.78 Å². The van der Waals surface area contributed by atoms with Crippen molar-refractivity contribution in [3.63, 3.8) is 0 Å². The maximum atomic E-state index is 6.06. The number of halogens is 1. The van der Waals surface area contributed by atoms with E-state index in [1.807, 2.05) is 11.7 Å². The van der Waals surface area contributed by atoms with Gasteiger partial charge in [-0.3, -0.25) is 4.68 Å². The molecule has 1 heterocycles. The third kappa shape index (κ3) is 1.70. The van der Waals surface area contributed by atoms with Crippen molar-refractivity contribution in [3.8, 4) is 0 Å². The molecule has 1 aromatic heterocycles. The Kier molecular flexibility index (Phi) is 2.94. The molecule has 1 aliphatic carbocycles. The number of hydrogen-bond donors (Lipinski definition) is 1. The molecule has 1 aromatic carbocycles. The number of hydrogen-bond acceptors (Lipinski definition) is 2. The van der Waals surface area contributed by atoms with Crippen molar-refractivity contribution in [2.24, 2.45) is 12.8 Å². The molecule has 96 valence electrons. The molecule has 2 aromatic rings. The van der Waals surface area contributed by atoms with Crippen LogP contribution in [0.1, 0.15) is 31.2 Å². The zero-order valence-electron chi connectivity index (χ0n) is 10.6. The van der Waals surface area contributed by atoms with Crippen LogP contribution in [0.25, 0.3) is 10.9 Å². The summed E-state index contributed by atoms with van der Waals surface area (Å²) in [5.74, 6) is 0. The van der Waals surface area contributed by atoms with Crippen LogP contribution in [0.15, 0.2) is 22.8 Å². The molecule has 18 heavy (non-hydrogen) atoms. The maximum absolute atomic E-state index is 6.06. The van der Waals surface area contributed by atoms with Crippen LogP contribution in [0, 0.1) is 0 Å². The Morgan fingerprint density at radius 2 is 2.11 bits per heavy atom. The second-order valence-electron chi connectivity index (χ2n) is 5.34. The first kappa shape index (κ1) is 12.2. The average molecular weight is 308 g/mol. The molecule has 0 radical (unpaired) electrons. The Labute approximate surface area is 115 Å². The van der Waals surface area contributed by atoms with Crippen molar-refractivity contribution >= 4 is 26.8 Å². The van der Waals surface area contributed by atoms with Crippen molar-refractivity contribution in [2.45, 2.75) is 31.1 Å². The van der Waals surface area contributed by atoms with E-state index in [9.17, 15) is 0 Å². The quantitative estimate of drug-likeness (QED) is 0.926. The van der Waals surface area contributed by atoms with Crippen LogP contribution in [0.3, 0.4) is 0 Å². The van der Waals surface area contributed by atoms with Crippen LogP contribution in [0.5, 0.6) is 0 Å². The molecule has 0 bridgehead atoms. The first-order chi connectivity index (χ1) is 8.66. The minimum atomic E-state index is 0.198. The monoisotopic (exact) mass is 307 g/mol. The summed E-state index contributed by atoms with van der Waals surface area (Å²) < 4.78 is 2.83. The van der Waals surface area contributed by atoms with E-state index in [-0.39, 0.29) is 5.41 Å². The summed E-state index contributed by atoms with van der Waals surface area (Å²) in [5.41, 5.74) is 8.79. The van der Waals surface area contributed by atoms with Crippen LogP contribution >= 0.6 is 15.9 Å². The summed E-state index contributed by atoms with van der Waals surface area (Å²) in [5, 5.41) is 5.60. The normalized spacial score (nSPS) is 18.6. The second-order valence-corrected chi connectivity index (χ2v) is 6.09. The third-order valence-electron chi connectivity index (χ3n) is 4.37. The van der Waals surface area contributed by atoms with E-state index in [1.165, 1.54) is 36.6 Å². The van der Waals surface area contributed by atoms with Crippen LogP contribution in [0.2, 0.25) is 0 Å². The third-order valence-corrected chi connectivity index (χ3v) is 4.95. The van der Waals surface area contributed by atoms with Crippen LogP contribution in [-0.4, -0.2) is 16.3 Å². The van der Waals surface area contributed by atoms with E-state index in [2.05, 4.69) is 39.2 Å². The summed E-state index contributed by atoms with van der Waals surface area (Å²) >= 11 is 3.54. The van der Waals surface area contributed by atoms with Crippen molar-refractivity contribution < 1.29 is 0 Å². The lowest BCUT2D eigenvalue weighted by Crippen LogP contribution is -2.31. The summed E-state index contributed by atoms with van der Waals surface area (Å²) in [4.78, 5) is 0. The van der Waals surface area contributed by atoms with Gasteiger partial charge in [-0.2, -0.15) is 5.10 Å². The molecule has 0 saturated heterocycles. The zero-order valence-corrected chi connectivity index (χ0v) is 12.2. The van der Waals surface area contributed by atoms with E-state index >= 15 is 0 Å². The Bertz CT molecular complexity index is 582. The number of nitrogens with zero attached hydrogens (tertiary/aromatic N) is 2. The SMILES string of the molecule is Cn1nc(Br)c2cc(C3(CN)CCCC3)ccc21. The van der Waals surface area contributed by atoms with Crippen LogP contribution in [0.4, 0.5) is 0 Å². The number of aromatic nitrogens is 2. The summed E-state index contributed by atoms with van der Waals surface area (Å²) in [6.45, 7) is 0.746. The van der Waals surface area contributed by atoms with Gasteiger partial charge in [-0.25, -0.2) is 0 Å². The number of rotatable bonds is 2. The highest BCUT2D eigenvalue weighted by Gasteiger charge is 2.34. The highest BCUT2D eigenvalue weighted by molar-refractivity contribution is 9.10. The van der Waals surface area contributed by atoms with Gasteiger partial charge in [0, 0.05) is 24.4 Å². The fraction of sp³-hybridized carbons (Fsp3) is 0.500. The number of benzene rings is 1. The lowest BCUT2D eigenvalue weighted by Gasteiger charge is -2.28. The van der Waals surface area contributed by atoms with Crippen molar-refractivity contribution in [1.29, 1.82) is 0 Å². The summed E-state index contributed by atoms with van der Waals surface area (Å²) in [6, 6.07) is 6.66. The topological polar surface area (TPSA) is 43.8 Å². The number of aryl methyl sites for hydroxylation is 1. The molecular formula is C14H18BrN3. The molecule has 0 unspecified atom stereocenters. The van der Waals surface area contributed by atoms with Gasteiger partial charge in [0.05, 0.1) is 5.52 Å². The summed E-state index contributed by atoms with van der Waals surface area (Å²) in [7, 11) is 1.97. The molecule has 0 spiro atoms. The Balaban J connectivity index is 2.15. The van der Waals surface area contributed by atoms with Gasteiger partial charge in [0.2, 0.25) is 0 Å². The fourth-order valence-electron chi connectivity index (χ4n) is 3.22. The van der Waals surface area contributed by atoms with Crippen LogP contribution in [-0.2, 0) is 12.5 Å². The highest BCUT2D eigenvalue weighted by Crippen LogP contribution is 2.41. The molecule has 0 atom stereocenters. The van der Waals surface area contributed by atoms with Gasteiger partial charge in [-0.1, -0.05) is 18.9 Å². The molecule has 4 heteroatoms. The molecule has 2 N–H and O–H groups in total. The molecule has 3 rings (SSSR count). The minimum Gasteiger partial charge on any atom is -0.330 e. The van der Waals surface area contributed by atoms with E-state index in [1.54, 1.807) is 0 Å². The second kappa shape index (κ2) is 4.35. The molecular weight excluding hydrogens is 290 g/mol. The van der Waals surface area contributed by atoms with E-state index in [0.29, 0.717) is 0 Å². The van der Waals surface area contributed by atoms with Gasteiger partial charge >= 0.3 is 0 Å². The van der Waals surface area contributed by atoms with Gasteiger partial charge in [0.1, 0.15) is 4.60 Å². The molecule has 3 nitrogen and oxygen atoms in total. The maximum Gasteiger partial charge on any atom is 0.135 e. The average Bonchev–Trinajstić information content (AvgIpc) is 2.96. The molecule has 1 aliphatic rings. The minimum absolute atomic E-state index is 0.198. The number of fused-ring (bicyclic) bond motifs is 1. The lowest BCUT2D eigenvalue weighted by atomic mass is 9.79. The van der Waals surface area contributed by atoms with E-state index in [0.717, 1.165) is 16.7 Å². The smallest absolute Gasteiger partial charge is 0.135 e. The zero-order chi connectivity index (χ0) is 12.8. The van der Waals surface area contributed by atoms with Crippen molar-refractivity contribution in [2.75, 3.05) is 6.54 Å². The standard InChI is InChI=1S/C14H18BrN3/c1-18-12-5-4-10(8-11(12)13(15)17-18)14(9-16)6-2-3-7-14/h4-5,8H,2-3,6-7,9,16H2,1H3. The van der Waals surface area contributed by atoms with Crippen LogP contribution < -0.4 is 5.73 Å². The Morgan fingerprint density at radius 1 is 1.39 bits per heavy atom. The fourth-order valence-corrected chi connectivity index (χ4v) is 3.77. The van der Waals surface area contributed by atoms with Gasteiger partial charge < -0.3 is 5.73 Å². The van der Waals surface area contributed by atoms with Gasteiger partial charge in [-0.15, -0.1) is 0 Å². The molecule has 0 amide bonds. The van der Waals surface area contributed by atoms with Gasteiger partial charge in [0.25, 0.3) is 0 Å². The number of nitrogens with two attached hydrogens (primary N) is 1. The van der Waals surface area contributed by atoms with Gasteiger partial charge in [0.15, 0.2) is 0 Å². The highest BCUT2D eigenvalue weighted by atomic mass is 79.9.